The Bertz CT molecular complexity index is 961. The average molecular weight is 391 g/mol. The molecule has 3 rings (SSSR count). The van der Waals surface area contributed by atoms with Crippen molar-refractivity contribution in [3.63, 3.8) is 0 Å². The summed E-state index contributed by atoms with van der Waals surface area (Å²) in [7, 11) is 0. The van der Waals surface area contributed by atoms with Gasteiger partial charge in [0.05, 0.1) is 12.7 Å². The van der Waals surface area contributed by atoms with Gasteiger partial charge in [0.1, 0.15) is 0 Å². The van der Waals surface area contributed by atoms with Crippen LogP contribution in [0.4, 0.5) is 0 Å². The molecule has 0 atom stereocenters. The van der Waals surface area contributed by atoms with Gasteiger partial charge in [-0.3, -0.25) is 14.3 Å². The molecule has 0 aliphatic heterocycles. The number of amides is 1. The minimum atomic E-state index is -0.669. The number of nitrogens with zero attached hydrogens (tertiary/aromatic N) is 2. The summed E-state index contributed by atoms with van der Waals surface area (Å²) in [4.78, 5) is 24.6. The lowest BCUT2D eigenvalue weighted by atomic mass is 9.91. The lowest BCUT2D eigenvalue weighted by molar-refractivity contribution is 0.0936. The van der Waals surface area contributed by atoms with Crippen LogP contribution < -0.4 is 10.7 Å². The summed E-state index contributed by atoms with van der Waals surface area (Å²) in [6.07, 6.45) is 2.79. The molecule has 0 bridgehead atoms. The molecule has 1 amide bonds. The number of rotatable bonds is 8. The molecule has 1 aromatic heterocycles. The quantitative estimate of drug-likeness (QED) is 0.577. The van der Waals surface area contributed by atoms with Crippen LogP contribution in [0.1, 0.15) is 47.3 Å². The second kappa shape index (κ2) is 9.68. The molecule has 6 nitrogen and oxygen atoms in total. The van der Waals surface area contributed by atoms with E-state index >= 15 is 0 Å². The number of carbonyl (C=O) groups excluding carboxylic acids is 1. The Kier molecular flexibility index (Phi) is 6.79. The molecule has 150 valence electrons. The normalized spacial score (nSPS) is 10.8. The summed E-state index contributed by atoms with van der Waals surface area (Å²) >= 11 is 0. The van der Waals surface area contributed by atoms with Gasteiger partial charge < -0.3 is 10.4 Å². The SMILES string of the molecule is CCCCNC(=O)c1c(O)c(=O)cnn1CC(c1ccccc1)c1ccccc1. The molecule has 2 N–H and O–H groups in total. The topological polar surface area (TPSA) is 84.2 Å². The smallest absolute Gasteiger partial charge is 0.273 e. The van der Waals surface area contributed by atoms with Crippen LogP contribution in [0.2, 0.25) is 0 Å². The van der Waals surface area contributed by atoms with Crippen molar-refractivity contribution in [1.82, 2.24) is 15.1 Å². The van der Waals surface area contributed by atoms with Crippen LogP contribution in [0.3, 0.4) is 0 Å². The highest BCUT2D eigenvalue weighted by Gasteiger charge is 2.23. The minimum Gasteiger partial charge on any atom is -0.502 e. The van der Waals surface area contributed by atoms with Gasteiger partial charge in [-0.15, -0.1) is 0 Å². The molecule has 0 aliphatic carbocycles. The zero-order valence-corrected chi connectivity index (χ0v) is 16.4. The molecule has 0 aliphatic rings. The first-order valence-corrected chi connectivity index (χ1v) is 9.79. The van der Waals surface area contributed by atoms with Crippen LogP contribution in [0.25, 0.3) is 0 Å². The maximum atomic E-state index is 12.7. The van der Waals surface area contributed by atoms with Crippen molar-refractivity contribution in [1.29, 1.82) is 0 Å². The van der Waals surface area contributed by atoms with Gasteiger partial charge in [0, 0.05) is 12.5 Å². The van der Waals surface area contributed by atoms with E-state index in [4.69, 9.17) is 0 Å². The number of aromatic hydroxyl groups is 1. The highest BCUT2D eigenvalue weighted by Crippen LogP contribution is 2.27. The average Bonchev–Trinajstić information content (AvgIpc) is 2.75. The number of carbonyl (C=O) groups is 1. The first-order chi connectivity index (χ1) is 14.1. The maximum absolute atomic E-state index is 12.7. The predicted molar refractivity (Wildman–Crippen MR) is 112 cm³/mol. The Morgan fingerprint density at radius 2 is 1.66 bits per heavy atom. The summed E-state index contributed by atoms with van der Waals surface area (Å²) in [5.74, 6) is -1.18. The summed E-state index contributed by atoms with van der Waals surface area (Å²) in [5.41, 5.74) is 1.33. The van der Waals surface area contributed by atoms with Crippen LogP contribution in [0, 0.1) is 0 Å². The Labute approximate surface area is 169 Å². The molecular weight excluding hydrogens is 366 g/mol. The lowest BCUT2D eigenvalue weighted by Gasteiger charge is -2.21. The van der Waals surface area contributed by atoms with Gasteiger partial charge in [-0.25, -0.2) is 0 Å². The third kappa shape index (κ3) is 4.90. The number of aromatic nitrogens is 2. The van der Waals surface area contributed by atoms with E-state index in [1.54, 1.807) is 0 Å². The Hall–Kier alpha value is -3.41. The van der Waals surface area contributed by atoms with E-state index in [1.807, 2.05) is 67.6 Å². The number of unbranched alkanes of at least 4 members (excludes halogenated alkanes) is 1. The first-order valence-electron chi connectivity index (χ1n) is 9.79. The van der Waals surface area contributed by atoms with Gasteiger partial charge in [-0.05, 0) is 17.5 Å². The molecule has 0 saturated heterocycles. The summed E-state index contributed by atoms with van der Waals surface area (Å²) in [5, 5.41) is 17.3. The number of benzene rings is 2. The molecule has 6 heteroatoms. The maximum Gasteiger partial charge on any atom is 0.273 e. The molecule has 0 saturated carbocycles. The molecule has 0 unspecified atom stereocenters. The third-order valence-corrected chi connectivity index (χ3v) is 4.82. The van der Waals surface area contributed by atoms with Crippen LogP contribution in [-0.4, -0.2) is 27.3 Å². The standard InChI is InChI=1S/C23H25N3O3/c1-2-3-14-24-23(29)21-22(28)20(27)15-25-26(21)16-19(17-10-6-4-7-11-17)18-12-8-5-9-13-18/h4-13,15,19,28H,2-3,14,16H2,1H3,(H,24,29). The van der Waals surface area contributed by atoms with Crippen LogP contribution >= 0.6 is 0 Å². The van der Waals surface area contributed by atoms with Crippen molar-refractivity contribution in [2.24, 2.45) is 0 Å². The number of hydrogen-bond donors (Lipinski definition) is 2. The fraction of sp³-hybridized carbons (Fsp3) is 0.261. The van der Waals surface area contributed by atoms with Crippen molar-refractivity contribution >= 4 is 5.91 Å². The van der Waals surface area contributed by atoms with E-state index in [2.05, 4.69) is 10.4 Å². The van der Waals surface area contributed by atoms with Gasteiger partial charge in [0.25, 0.3) is 5.91 Å². The fourth-order valence-electron chi connectivity index (χ4n) is 3.25. The predicted octanol–water partition coefficient (Wildman–Crippen LogP) is 3.31. The molecule has 0 radical (unpaired) electrons. The van der Waals surface area contributed by atoms with Crippen molar-refractivity contribution in [3.05, 3.63) is 93.9 Å². The summed E-state index contributed by atoms with van der Waals surface area (Å²) in [6.45, 7) is 2.80. The minimum absolute atomic E-state index is 0.103. The van der Waals surface area contributed by atoms with Crippen molar-refractivity contribution < 1.29 is 9.90 Å². The van der Waals surface area contributed by atoms with E-state index in [0.717, 1.165) is 30.2 Å². The largest absolute Gasteiger partial charge is 0.502 e. The molecule has 0 fully saturated rings. The second-order valence-electron chi connectivity index (χ2n) is 6.87. The van der Waals surface area contributed by atoms with E-state index in [9.17, 15) is 14.7 Å². The third-order valence-electron chi connectivity index (χ3n) is 4.82. The van der Waals surface area contributed by atoms with E-state index in [0.29, 0.717) is 13.1 Å². The molecule has 29 heavy (non-hydrogen) atoms. The van der Waals surface area contributed by atoms with Crippen LogP contribution in [0.5, 0.6) is 5.75 Å². The fourth-order valence-corrected chi connectivity index (χ4v) is 3.25. The molecule has 1 heterocycles. The van der Waals surface area contributed by atoms with E-state index < -0.39 is 17.1 Å². The lowest BCUT2D eigenvalue weighted by Crippen LogP contribution is -2.31. The highest BCUT2D eigenvalue weighted by atomic mass is 16.3. The zero-order chi connectivity index (χ0) is 20.6. The van der Waals surface area contributed by atoms with Gasteiger partial charge >= 0.3 is 0 Å². The second-order valence-corrected chi connectivity index (χ2v) is 6.87. The monoisotopic (exact) mass is 391 g/mol. The van der Waals surface area contributed by atoms with Gasteiger partial charge in [-0.1, -0.05) is 74.0 Å². The first kappa shape index (κ1) is 20.3. The van der Waals surface area contributed by atoms with Crippen molar-refractivity contribution in [2.75, 3.05) is 6.54 Å². The van der Waals surface area contributed by atoms with Gasteiger partial charge in [0.15, 0.2) is 11.4 Å². The van der Waals surface area contributed by atoms with Gasteiger partial charge in [-0.2, -0.15) is 5.10 Å². The summed E-state index contributed by atoms with van der Waals surface area (Å²) < 4.78 is 1.42. The van der Waals surface area contributed by atoms with Crippen molar-refractivity contribution in [2.45, 2.75) is 32.2 Å². The summed E-state index contributed by atoms with van der Waals surface area (Å²) in [6, 6.07) is 19.8. The number of nitrogens with one attached hydrogen (secondary N) is 1. The molecule has 3 aromatic rings. The molecule has 2 aromatic carbocycles. The van der Waals surface area contributed by atoms with Crippen molar-refractivity contribution in [3.8, 4) is 5.75 Å². The zero-order valence-electron chi connectivity index (χ0n) is 16.4. The molecule has 0 spiro atoms. The van der Waals surface area contributed by atoms with E-state index in [-0.39, 0.29) is 11.6 Å². The van der Waals surface area contributed by atoms with E-state index in [1.165, 1.54) is 4.68 Å². The number of hydrogen-bond acceptors (Lipinski definition) is 4. The van der Waals surface area contributed by atoms with Gasteiger partial charge in [0.2, 0.25) is 5.43 Å². The Morgan fingerprint density at radius 1 is 1.07 bits per heavy atom. The van der Waals surface area contributed by atoms with Crippen LogP contribution in [-0.2, 0) is 6.54 Å². The molecular formula is C23H25N3O3. The Morgan fingerprint density at radius 3 is 2.21 bits per heavy atom. The Balaban J connectivity index is 2.01. The highest BCUT2D eigenvalue weighted by molar-refractivity contribution is 5.94. The van der Waals surface area contributed by atoms with Crippen LogP contribution in [0.15, 0.2) is 71.7 Å².